The minimum Gasteiger partial charge on any atom is -0.772 e. The molecule has 0 aliphatic rings. The molecule has 1 rings (SSSR count). The fourth-order valence-corrected chi connectivity index (χ4v) is 2.54. The summed E-state index contributed by atoms with van der Waals surface area (Å²) in [4.78, 5) is 0. The van der Waals surface area contributed by atoms with Gasteiger partial charge in [0, 0.05) is 17.9 Å². The lowest BCUT2D eigenvalue weighted by atomic mass is 9.91. The highest BCUT2D eigenvalue weighted by Crippen LogP contribution is 2.53. The van der Waals surface area contributed by atoms with E-state index in [9.17, 15) is 35.1 Å². The molecule has 1 aromatic carbocycles. The SMILES string of the molecule is CCCCOC(c1ccc(CS(=O)[O-])cc1)(C(F)(F)F)C(F)(F)F. The van der Waals surface area contributed by atoms with Crippen molar-refractivity contribution in [3.63, 3.8) is 0 Å². The zero-order valence-electron chi connectivity index (χ0n) is 12.5. The lowest BCUT2D eigenvalue weighted by Crippen LogP contribution is -2.56. The van der Waals surface area contributed by atoms with Crippen LogP contribution in [0.3, 0.4) is 0 Å². The van der Waals surface area contributed by atoms with Crippen LogP contribution in [0.2, 0.25) is 0 Å². The number of benzene rings is 1. The average Bonchev–Trinajstić information content (AvgIpc) is 2.41. The van der Waals surface area contributed by atoms with Crippen molar-refractivity contribution in [2.24, 2.45) is 0 Å². The van der Waals surface area contributed by atoms with Gasteiger partial charge in [-0.2, -0.15) is 26.3 Å². The second-order valence-corrected chi connectivity index (χ2v) is 5.92. The van der Waals surface area contributed by atoms with E-state index >= 15 is 0 Å². The smallest absolute Gasteiger partial charge is 0.430 e. The summed E-state index contributed by atoms with van der Waals surface area (Å²) in [6.07, 6.45) is -11.1. The molecule has 10 heteroatoms. The first kappa shape index (κ1) is 20.9. The summed E-state index contributed by atoms with van der Waals surface area (Å²) in [5.74, 6) is -0.512. The normalized spacial score (nSPS) is 14.7. The Morgan fingerprint density at radius 1 is 1.04 bits per heavy atom. The Bertz CT molecular complexity index is 539. The summed E-state index contributed by atoms with van der Waals surface area (Å²) in [6.45, 7) is 0.881. The van der Waals surface area contributed by atoms with E-state index in [1.807, 2.05) is 0 Å². The highest BCUT2D eigenvalue weighted by atomic mass is 32.2. The van der Waals surface area contributed by atoms with Crippen molar-refractivity contribution in [1.29, 1.82) is 0 Å². The maximum Gasteiger partial charge on any atom is 0.430 e. The van der Waals surface area contributed by atoms with E-state index in [2.05, 4.69) is 4.74 Å². The highest BCUT2D eigenvalue weighted by Gasteiger charge is 2.73. The molecule has 0 saturated carbocycles. The first-order chi connectivity index (χ1) is 11.0. The van der Waals surface area contributed by atoms with E-state index in [0.29, 0.717) is 18.6 Å². The van der Waals surface area contributed by atoms with Crippen molar-refractivity contribution in [3.05, 3.63) is 35.4 Å². The summed E-state index contributed by atoms with van der Waals surface area (Å²) in [5, 5.41) is 0. The molecule has 0 amide bonds. The van der Waals surface area contributed by atoms with Gasteiger partial charge in [0.15, 0.2) is 0 Å². The maximum absolute atomic E-state index is 13.4. The summed E-state index contributed by atoms with van der Waals surface area (Å²) in [7, 11) is 0. The van der Waals surface area contributed by atoms with Gasteiger partial charge in [-0.1, -0.05) is 48.7 Å². The molecule has 0 saturated heterocycles. The molecule has 1 unspecified atom stereocenters. The summed E-state index contributed by atoms with van der Waals surface area (Å²) in [6, 6.07) is 2.99. The highest BCUT2D eigenvalue weighted by molar-refractivity contribution is 7.78. The minimum absolute atomic E-state index is 0.0289. The van der Waals surface area contributed by atoms with Gasteiger partial charge in [0.25, 0.3) is 5.60 Å². The Morgan fingerprint density at radius 2 is 1.54 bits per heavy atom. The molecule has 3 nitrogen and oxygen atoms in total. The Balaban J connectivity index is 3.37. The molecular weight excluding hydrogens is 362 g/mol. The van der Waals surface area contributed by atoms with Crippen LogP contribution in [0.1, 0.15) is 30.9 Å². The number of alkyl halides is 6. The van der Waals surface area contributed by atoms with Gasteiger partial charge in [-0.05, 0) is 12.0 Å². The number of unbranched alkanes of at least 4 members (excludes halogenated alkanes) is 1. The lowest BCUT2D eigenvalue weighted by molar-refractivity contribution is -0.389. The molecule has 1 aromatic rings. The van der Waals surface area contributed by atoms with E-state index in [1.165, 1.54) is 0 Å². The van der Waals surface area contributed by atoms with Gasteiger partial charge in [0.05, 0.1) is 0 Å². The van der Waals surface area contributed by atoms with Crippen LogP contribution >= 0.6 is 0 Å². The van der Waals surface area contributed by atoms with E-state index in [1.54, 1.807) is 6.92 Å². The Labute approximate surface area is 137 Å². The van der Waals surface area contributed by atoms with Crippen molar-refractivity contribution in [1.82, 2.24) is 0 Å². The molecule has 0 radical (unpaired) electrons. The molecule has 0 bridgehead atoms. The predicted molar refractivity (Wildman–Crippen MR) is 73.7 cm³/mol. The van der Waals surface area contributed by atoms with E-state index in [4.69, 9.17) is 0 Å². The van der Waals surface area contributed by atoms with Crippen LogP contribution in [-0.2, 0) is 27.2 Å². The molecule has 0 aliphatic carbocycles. The van der Waals surface area contributed by atoms with Crippen LogP contribution in [0.5, 0.6) is 0 Å². The topological polar surface area (TPSA) is 49.4 Å². The molecule has 0 fully saturated rings. The zero-order chi connectivity index (χ0) is 18.6. The first-order valence-corrected chi connectivity index (χ1v) is 8.12. The second kappa shape index (κ2) is 7.83. The molecule has 1 atom stereocenters. The van der Waals surface area contributed by atoms with Gasteiger partial charge in [0.1, 0.15) is 0 Å². The van der Waals surface area contributed by atoms with Crippen molar-refractivity contribution in [3.8, 4) is 0 Å². The quantitative estimate of drug-likeness (QED) is 0.407. The number of hydrogen-bond acceptors (Lipinski definition) is 3. The average molecular weight is 377 g/mol. The molecule has 0 aromatic heterocycles. The largest absolute Gasteiger partial charge is 0.772 e. The third-order valence-electron chi connectivity index (χ3n) is 3.26. The van der Waals surface area contributed by atoms with Gasteiger partial charge in [-0.25, -0.2) is 0 Å². The van der Waals surface area contributed by atoms with Crippen LogP contribution in [0.25, 0.3) is 0 Å². The van der Waals surface area contributed by atoms with Crippen LogP contribution in [0.15, 0.2) is 24.3 Å². The number of hydrogen-bond donors (Lipinski definition) is 0. The van der Waals surface area contributed by atoms with Crippen molar-refractivity contribution >= 4 is 11.1 Å². The monoisotopic (exact) mass is 377 g/mol. The molecule has 138 valence electrons. The van der Waals surface area contributed by atoms with Gasteiger partial charge in [-0.15, -0.1) is 0 Å². The number of rotatable bonds is 7. The summed E-state index contributed by atoms with van der Waals surface area (Å²) < 4.78 is 106. The molecule has 0 spiro atoms. The maximum atomic E-state index is 13.4. The van der Waals surface area contributed by atoms with Crippen molar-refractivity contribution in [2.75, 3.05) is 6.61 Å². The Kier molecular flexibility index (Phi) is 6.83. The summed E-state index contributed by atoms with van der Waals surface area (Å²) in [5.41, 5.74) is -5.53. The van der Waals surface area contributed by atoms with Crippen molar-refractivity contribution in [2.45, 2.75) is 43.5 Å². The standard InChI is InChI=1S/C14H16F6O3S/c1-2-3-8-23-12(13(15,16)17,14(18,19)20)11-6-4-10(5-7-11)9-24(21)22/h4-7H,2-3,8-9H2,1H3,(H,21,22)/p-1. The van der Waals surface area contributed by atoms with Gasteiger partial charge in [0.2, 0.25) is 0 Å². The molecule has 0 aliphatic heterocycles. The molecular formula is C14H15F6O3S-. The number of ether oxygens (including phenoxy) is 1. The molecule has 0 N–H and O–H groups in total. The van der Waals surface area contributed by atoms with Gasteiger partial charge < -0.3 is 9.29 Å². The third kappa shape index (κ3) is 4.48. The molecule has 24 heavy (non-hydrogen) atoms. The second-order valence-electron chi connectivity index (χ2n) is 5.02. The number of halogens is 6. The fraction of sp³-hybridized carbons (Fsp3) is 0.571. The van der Waals surface area contributed by atoms with Crippen LogP contribution < -0.4 is 0 Å². The molecule has 0 heterocycles. The van der Waals surface area contributed by atoms with Gasteiger partial charge >= 0.3 is 12.4 Å². The van der Waals surface area contributed by atoms with E-state index in [-0.39, 0.29) is 12.0 Å². The minimum atomic E-state index is -5.73. The van der Waals surface area contributed by atoms with E-state index < -0.39 is 47.0 Å². The van der Waals surface area contributed by atoms with E-state index in [0.717, 1.165) is 12.1 Å². The third-order valence-corrected chi connectivity index (χ3v) is 3.83. The Morgan fingerprint density at radius 3 is 1.92 bits per heavy atom. The zero-order valence-corrected chi connectivity index (χ0v) is 13.4. The lowest BCUT2D eigenvalue weighted by Gasteiger charge is -2.37. The van der Waals surface area contributed by atoms with Crippen LogP contribution in [0, 0.1) is 0 Å². The van der Waals surface area contributed by atoms with Gasteiger partial charge in [-0.3, -0.25) is 4.21 Å². The van der Waals surface area contributed by atoms with Crippen molar-refractivity contribution < 1.29 is 39.8 Å². The fourth-order valence-electron chi connectivity index (χ4n) is 2.08. The summed E-state index contributed by atoms with van der Waals surface area (Å²) >= 11 is -2.51. The predicted octanol–water partition coefficient (Wildman–Crippen LogP) is 4.20. The van der Waals surface area contributed by atoms with Crippen LogP contribution in [-0.4, -0.2) is 27.7 Å². The Hall–Kier alpha value is -1.13. The first-order valence-electron chi connectivity index (χ1n) is 6.88. The van der Waals surface area contributed by atoms with Crippen LogP contribution in [0.4, 0.5) is 26.3 Å².